The highest BCUT2D eigenvalue weighted by molar-refractivity contribution is 7.91. The minimum absolute atomic E-state index is 0.0169. The summed E-state index contributed by atoms with van der Waals surface area (Å²) >= 11 is 13.3. The average molecular weight is 592 g/mol. The summed E-state index contributed by atoms with van der Waals surface area (Å²) in [5.41, 5.74) is 1.21. The molecule has 0 atom stereocenters. The fourth-order valence-electron chi connectivity index (χ4n) is 4.42. The number of aromatic nitrogens is 3. The van der Waals surface area contributed by atoms with E-state index in [0.29, 0.717) is 45.5 Å². The normalized spacial score (nSPS) is 14.4. The summed E-state index contributed by atoms with van der Waals surface area (Å²) in [5, 5.41) is 4.75. The van der Waals surface area contributed by atoms with Gasteiger partial charge in [0.1, 0.15) is 5.78 Å². The van der Waals surface area contributed by atoms with Crippen molar-refractivity contribution in [2.75, 3.05) is 5.75 Å². The van der Waals surface area contributed by atoms with E-state index in [1.165, 1.54) is 24.4 Å². The van der Waals surface area contributed by atoms with Crippen LogP contribution >= 0.6 is 23.2 Å². The van der Waals surface area contributed by atoms with Gasteiger partial charge in [0.25, 0.3) is 5.89 Å². The molecule has 0 bridgehead atoms. The maximum Gasteiger partial charge on any atom is 0.258 e. The van der Waals surface area contributed by atoms with Gasteiger partial charge in [-0.2, -0.15) is 4.98 Å². The molecule has 7 nitrogen and oxygen atoms in total. The summed E-state index contributed by atoms with van der Waals surface area (Å²) in [6.45, 7) is 1.55. The minimum atomic E-state index is -3.37. The molecule has 0 N–H and O–H groups in total. The first-order chi connectivity index (χ1) is 18.5. The van der Waals surface area contributed by atoms with E-state index in [2.05, 4.69) is 15.1 Å². The molecule has 4 aromatic rings. The highest BCUT2D eigenvalue weighted by Crippen LogP contribution is 2.56. The lowest BCUT2D eigenvalue weighted by molar-refractivity contribution is -0.117. The zero-order valence-electron chi connectivity index (χ0n) is 20.5. The molecule has 1 aliphatic rings. The second-order valence-corrected chi connectivity index (χ2v) is 12.4. The van der Waals surface area contributed by atoms with Gasteiger partial charge in [-0.15, -0.1) is 0 Å². The molecule has 202 valence electrons. The third kappa shape index (κ3) is 5.46. The molecule has 2 heterocycles. The van der Waals surface area contributed by atoms with Crippen LogP contribution in [-0.2, 0) is 32.9 Å². The molecule has 39 heavy (non-hydrogen) atoms. The van der Waals surface area contributed by atoms with Crippen LogP contribution in [0.3, 0.4) is 0 Å². The number of carbonyl (C=O) groups is 1. The van der Waals surface area contributed by atoms with Crippen molar-refractivity contribution in [2.45, 2.75) is 42.9 Å². The number of ketones is 1. The zero-order chi connectivity index (χ0) is 27.9. The number of benzene rings is 2. The summed E-state index contributed by atoms with van der Waals surface area (Å²) in [4.78, 5) is 21.3. The van der Waals surface area contributed by atoms with Gasteiger partial charge in [-0.05, 0) is 60.9 Å². The lowest BCUT2D eigenvalue weighted by Crippen LogP contribution is -2.14. The van der Waals surface area contributed by atoms with E-state index in [1.54, 1.807) is 19.1 Å². The Balaban J connectivity index is 1.33. The van der Waals surface area contributed by atoms with Crippen LogP contribution in [0.1, 0.15) is 42.4 Å². The fraction of sp³-hybridized carbons (Fsp3) is 0.259. The molecule has 0 aliphatic heterocycles. The first-order valence-corrected chi connectivity index (χ1v) is 14.4. The van der Waals surface area contributed by atoms with E-state index in [1.807, 2.05) is 0 Å². The van der Waals surface area contributed by atoms with Crippen LogP contribution in [-0.4, -0.2) is 35.1 Å². The first kappa shape index (κ1) is 27.4. The Morgan fingerprint density at radius 1 is 1.03 bits per heavy atom. The molecular weight excluding hydrogens is 571 g/mol. The molecule has 0 amide bonds. The van der Waals surface area contributed by atoms with Crippen LogP contribution in [0.15, 0.2) is 58.1 Å². The van der Waals surface area contributed by atoms with E-state index >= 15 is 0 Å². The van der Waals surface area contributed by atoms with Gasteiger partial charge in [-0.3, -0.25) is 9.78 Å². The van der Waals surface area contributed by atoms with Gasteiger partial charge in [0.2, 0.25) is 0 Å². The zero-order valence-corrected chi connectivity index (χ0v) is 22.9. The summed E-state index contributed by atoms with van der Waals surface area (Å²) in [6.07, 6.45) is 2.62. The van der Waals surface area contributed by atoms with Crippen molar-refractivity contribution in [1.82, 2.24) is 15.1 Å². The van der Waals surface area contributed by atoms with Crippen molar-refractivity contribution in [3.05, 3.63) is 93.0 Å². The molecule has 1 fully saturated rings. The molecular formula is C27H21Cl2F2N3O4S. The Hall–Kier alpha value is -3.21. The number of hydrogen-bond acceptors (Lipinski definition) is 7. The van der Waals surface area contributed by atoms with E-state index in [-0.39, 0.29) is 40.7 Å². The minimum Gasteiger partial charge on any atom is -0.334 e. The van der Waals surface area contributed by atoms with Crippen molar-refractivity contribution in [3.8, 4) is 11.5 Å². The van der Waals surface area contributed by atoms with Crippen LogP contribution in [0.25, 0.3) is 11.5 Å². The monoisotopic (exact) mass is 591 g/mol. The van der Waals surface area contributed by atoms with Gasteiger partial charge in [-0.1, -0.05) is 35.3 Å². The van der Waals surface area contributed by atoms with E-state index in [0.717, 1.165) is 12.1 Å². The predicted octanol–water partition coefficient (Wildman–Crippen LogP) is 5.94. The summed E-state index contributed by atoms with van der Waals surface area (Å²) in [5.74, 6) is -1.82. The van der Waals surface area contributed by atoms with Gasteiger partial charge in [0.05, 0.1) is 16.1 Å². The first-order valence-electron chi connectivity index (χ1n) is 12.0. The molecule has 0 saturated heterocycles. The molecule has 2 aromatic carbocycles. The van der Waals surface area contributed by atoms with Gasteiger partial charge in [0, 0.05) is 45.9 Å². The SMILES string of the molecule is CCS(=O)(=O)c1ccc(CC(=O)Cc2cc(Cl)c(C3(c4noc(-c5ccc(F)c(F)c5)n4)CC3)c(Cl)c2)nc1. The Morgan fingerprint density at radius 2 is 1.74 bits per heavy atom. The Bertz CT molecular complexity index is 1660. The summed E-state index contributed by atoms with van der Waals surface area (Å²) < 4.78 is 56.2. The van der Waals surface area contributed by atoms with E-state index < -0.39 is 26.9 Å². The van der Waals surface area contributed by atoms with Gasteiger partial charge < -0.3 is 4.52 Å². The molecule has 2 aromatic heterocycles. The van der Waals surface area contributed by atoms with Crippen LogP contribution in [0.4, 0.5) is 8.78 Å². The second-order valence-electron chi connectivity index (χ2n) is 9.35. The Morgan fingerprint density at radius 3 is 2.33 bits per heavy atom. The number of hydrogen-bond donors (Lipinski definition) is 0. The van der Waals surface area contributed by atoms with Crippen molar-refractivity contribution in [1.29, 1.82) is 0 Å². The maximum atomic E-state index is 13.7. The predicted molar refractivity (Wildman–Crippen MR) is 141 cm³/mol. The van der Waals surface area contributed by atoms with Crippen molar-refractivity contribution >= 4 is 38.8 Å². The highest BCUT2D eigenvalue weighted by Gasteiger charge is 2.52. The average Bonchev–Trinajstić information content (AvgIpc) is 3.51. The molecule has 0 spiro atoms. The largest absolute Gasteiger partial charge is 0.334 e. The molecule has 5 rings (SSSR count). The van der Waals surface area contributed by atoms with Crippen molar-refractivity contribution in [2.24, 2.45) is 0 Å². The van der Waals surface area contributed by atoms with Gasteiger partial charge >= 0.3 is 0 Å². The lowest BCUT2D eigenvalue weighted by Gasteiger charge is -2.16. The number of rotatable bonds is 9. The maximum absolute atomic E-state index is 13.7. The van der Waals surface area contributed by atoms with Crippen LogP contribution < -0.4 is 0 Å². The highest BCUT2D eigenvalue weighted by atomic mass is 35.5. The molecule has 1 saturated carbocycles. The summed E-state index contributed by atoms with van der Waals surface area (Å²) in [6, 6.07) is 9.62. The number of nitrogens with zero attached hydrogens (tertiary/aromatic N) is 3. The quantitative estimate of drug-likeness (QED) is 0.237. The van der Waals surface area contributed by atoms with Crippen LogP contribution in [0.2, 0.25) is 10.0 Å². The topological polar surface area (TPSA) is 103 Å². The van der Waals surface area contributed by atoms with E-state index in [9.17, 15) is 22.0 Å². The number of Topliss-reactive ketones (excluding diaryl/α,β-unsaturated/α-hetero) is 1. The van der Waals surface area contributed by atoms with Crippen molar-refractivity contribution < 1.29 is 26.5 Å². The molecule has 1 aliphatic carbocycles. The Labute approximate surface area is 233 Å². The van der Waals surface area contributed by atoms with Crippen LogP contribution in [0, 0.1) is 11.6 Å². The smallest absolute Gasteiger partial charge is 0.258 e. The number of sulfone groups is 1. The third-order valence-corrected chi connectivity index (χ3v) is 8.98. The van der Waals surface area contributed by atoms with Gasteiger partial charge in [0.15, 0.2) is 27.3 Å². The molecule has 12 heteroatoms. The number of carbonyl (C=O) groups excluding carboxylic acids is 1. The molecule has 0 unspecified atom stereocenters. The number of pyridine rings is 1. The number of halogens is 4. The third-order valence-electron chi connectivity index (χ3n) is 6.67. The standard InChI is InChI=1S/C27H21Cl2F2N3O4S/c1-2-39(36,37)19-5-4-17(32-14-19)13-18(35)9-15-10-20(28)24(21(29)11-15)27(7-8-27)26-33-25(38-34-26)16-3-6-22(30)23(31)12-16/h3-6,10-12,14H,2,7-9,13H2,1H3. The second kappa shape index (κ2) is 10.4. The van der Waals surface area contributed by atoms with Crippen LogP contribution in [0.5, 0.6) is 0 Å². The Kier molecular flexibility index (Phi) is 7.30. The summed E-state index contributed by atoms with van der Waals surface area (Å²) in [7, 11) is -3.37. The van der Waals surface area contributed by atoms with Crippen molar-refractivity contribution in [3.63, 3.8) is 0 Å². The lowest BCUT2D eigenvalue weighted by atomic mass is 9.92. The van der Waals surface area contributed by atoms with E-state index in [4.69, 9.17) is 27.7 Å². The fourth-order valence-corrected chi connectivity index (χ4v) is 6.13. The molecule has 0 radical (unpaired) electrons. The van der Waals surface area contributed by atoms with Gasteiger partial charge in [-0.25, -0.2) is 17.2 Å².